The number of carbonyl (C=O) groups excluding carboxylic acids is 1. The van der Waals surface area contributed by atoms with Crippen LogP contribution in [0.25, 0.3) is 0 Å². The van der Waals surface area contributed by atoms with Crippen LogP contribution in [-0.2, 0) is 9.53 Å². The Balaban J connectivity index is 1.94. The summed E-state index contributed by atoms with van der Waals surface area (Å²) in [4.78, 5) is 15.8. The maximum Gasteiger partial charge on any atom is 0.312 e. The monoisotopic (exact) mass is 249 g/mol. The molecule has 1 aliphatic carbocycles. The van der Waals surface area contributed by atoms with Gasteiger partial charge in [0.05, 0.1) is 19.2 Å². The molecule has 0 radical (unpaired) electrons. The standard InChI is InChI=1S/C14H19NO3/c1-17-14(16)13(11-5-2-3-6-11)10-18-12-7-4-8-15-9-12/h4,7-9,11,13H,2-3,5-6,10H2,1H3. The number of aromatic nitrogens is 1. The minimum absolute atomic E-state index is 0.155. The van der Waals surface area contributed by atoms with Gasteiger partial charge in [0.15, 0.2) is 0 Å². The van der Waals surface area contributed by atoms with Gasteiger partial charge in [-0.25, -0.2) is 0 Å². The van der Waals surface area contributed by atoms with E-state index in [0.717, 1.165) is 12.8 Å². The van der Waals surface area contributed by atoms with E-state index in [4.69, 9.17) is 9.47 Å². The second kappa shape index (κ2) is 6.38. The Labute approximate surface area is 107 Å². The Morgan fingerprint density at radius 3 is 2.89 bits per heavy atom. The topological polar surface area (TPSA) is 48.4 Å². The van der Waals surface area contributed by atoms with Crippen LogP contribution in [0.1, 0.15) is 25.7 Å². The predicted octanol–water partition coefficient (Wildman–Crippen LogP) is 2.44. The quantitative estimate of drug-likeness (QED) is 0.752. The number of esters is 1. The molecule has 1 heterocycles. The van der Waals surface area contributed by atoms with E-state index in [1.807, 2.05) is 12.1 Å². The molecule has 0 spiro atoms. The molecule has 1 atom stereocenters. The van der Waals surface area contributed by atoms with Crippen molar-refractivity contribution in [2.45, 2.75) is 25.7 Å². The van der Waals surface area contributed by atoms with Crippen molar-refractivity contribution < 1.29 is 14.3 Å². The summed E-state index contributed by atoms with van der Waals surface area (Å²) in [6.07, 6.45) is 7.94. The zero-order valence-corrected chi connectivity index (χ0v) is 10.7. The zero-order chi connectivity index (χ0) is 12.8. The van der Waals surface area contributed by atoms with Gasteiger partial charge in [-0.1, -0.05) is 12.8 Å². The van der Waals surface area contributed by atoms with Gasteiger partial charge in [0.1, 0.15) is 12.4 Å². The molecule has 18 heavy (non-hydrogen) atoms. The number of methoxy groups -OCH3 is 1. The number of hydrogen-bond acceptors (Lipinski definition) is 4. The maximum absolute atomic E-state index is 11.8. The van der Waals surface area contributed by atoms with Gasteiger partial charge in [-0.05, 0) is 30.9 Å². The molecule has 1 unspecified atom stereocenters. The van der Waals surface area contributed by atoms with Crippen LogP contribution in [0, 0.1) is 11.8 Å². The largest absolute Gasteiger partial charge is 0.491 e. The van der Waals surface area contributed by atoms with E-state index in [1.165, 1.54) is 20.0 Å². The van der Waals surface area contributed by atoms with Gasteiger partial charge in [0.2, 0.25) is 0 Å². The van der Waals surface area contributed by atoms with Crippen LogP contribution in [0.15, 0.2) is 24.5 Å². The molecule has 4 heteroatoms. The summed E-state index contributed by atoms with van der Waals surface area (Å²) in [6.45, 7) is 0.378. The van der Waals surface area contributed by atoms with E-state index < -0.39 is 0 Å². The van der Waals surface area contributed by atoms with Crippen LogP contribution in [-0.4, -0.2) is 24.7 Å². The first-order valence-electron chi connectivity index (χ1n) is 6.42. The van der Waals surface area contributed by atoms with Crippen molar-refractivity contribution in [1.82, 2.24) is 4.98 Å². The van der Waals surface area contributed by atoms with Crippen molar-refractivity contribution in [2.75, 3.05) is 13.7 Å². The lowest BCUT2D eigenvalue weighted by atomic mass is 9.91. The summed E-state index contributed by atoms with van der Waals surface area (Å²) < 4.78 is 10.5. The second-order valence-electron chi connectivity index (χ2n) is 4.67. The molecule has 1 aromatic heterocycles. The number of rotatable bonds is 5. The molecule has 1 aliphatic rings. The van der Waals surface area contributed by atoms with Crippen LogP contribution >= 0.6 is 0 Å². The van der Waals surface area contributed by atoms with Gasteiger partial charge in [-0.3, -0.25) is 9.78 Å². The van der Waals surface area contributed by atoms with Crippen molar-refractivity contribution in [3.63, 3.8) is 0 Å². The molecule has 1 saturated carbocycles. The molecule has 0 aliphatic heterocycles. The highest BCUT2D eigenvalue weighted by atomic mass is 16.5. The Morgan fingerprint density at radius 1 is 1.50 bits per heavy atom. The third kappa shape index (κ3) is 3.22. The Morgan fingerprint density at radius 2 is 2.28 bits per heavy atom. The highest BCUT2D eigenvalue weighted by molar-refractivity contribution is 5.72. The second-order valence-corrected chi connectivity index (χ2v) is 4.67. The van der Waals surface area contributed by atoms with E-state index in [1.54, 1.807) is 12.4 Å². The summed E-state index contributed by atoms with van der Waals surface area (Å²) in [5.41, 5.74) is 0. The van der Waals surface area contributed by atoms with Gasteiger partial charge < -0.3 is 9.47 Å². The van der Waals surface area contributed by atoms with Crippen molar-refractivity contribution in [3.05, 3.63) is 24.5 Å². The van der Waals surface area contributed by atoms with Crippen molar-refractivity contribution in [3.8, 4) is 5.75 Å². The number of ether oxygens (including phenoxy) is 2. The fraction of sp³-hybridized carbons (Fsp3) is 0.571. The maximum atomic E-state index is 11.8. The minimum atomic E-state index is -0.161. The highest BCUT2D eigenvalue weighted by Gasteiger charge is 2.32. The molecule has 1 aromatic rings. The van der Waals surface area contributed by atoms with E-state index in [2.05, 4.69) is 4.98 Å². The summed E-state index contributed by atoms with van der Waals surface area (Å²) in [5.74, 6) is 0.780. The van der Waals surface area contributed by atoms with Gasteiger partial charge in [-0.2, -0.15) is 0 Å². The lowest BCUT2D eigenvalue weighted by molar-refractivity contribution is -0.148. The third-order valence-electron chi connectivity index (χ3n) is 3.54. The SMILES string of the molecule is COC(=O)C(COc1cccnc1)C1CCCC1. The minimum Gasteiger partial charge on any atom is -0.491 e. The van der Waals surface area contributed by atoms with Crippen molar-refractivity contribution in [1.29, 1.82) is 0 Å². The van der Waals surface area contributed by atoms with Crippen LogP contribution in [0.5, 0.6) is 5.75 Å². The summed E-state index contributed by atoms with van der Waals surface area (Å²) >= 11 is 0. The first-order valence-corrected chi connectivity index (χ1v) is 6.42. The lowest BCUT2D eigenvalue weighted by Gasteiger charge is -2.21. The van der Waals surface area contributed by atoms with E-state index in [-0.39, 0.29) is 11.9 Å². The zero-order valence-electron chi connectivity index (χ0n) is 10.7. The molecule has 0 N–H and O–H groups in total. The normalized spacial score (nSPS) is 17.4. The number of hydrogen-bond donors (Lipinski definition) is 0. The molecule has 0 amide bonds. The van der Waals surface area contributed by atoms with Gasteiger partial charge in [-0.15, -0.1) is 0 Å². The number of carbonyl (C=O) groups is 1. The summed E-state index contributed by atoms with van der Waals surface area (Å²) in [6, 6.07) is 3.66. The van der Waals surface area contributed by atoms with Crippen molar-refractivity contribution in [2.24, 2.45) is 11.8 Å². The van der Waals surface area contributed by atoms with Crippen LogP contribution in [0.4, 0.5) is 0 Å². The Kier molecular flexibility index (Phi) is 4.56. The van der Waals surface area contributed by atoms with Crippen LogP contribution in [0.3, 0.4) is 0 Å². The fourth-order valence-electron chi connectivity index (χ4n) is 2.53. The molecule has 0 bridgehead atoms. The predicted molar refractivity (Wildman–Crippen MR) is 67.2 cm³/mol. The van der Waals surface area contributed by atoms with Gasteiger partial charge in [0.25, 0.3) is 0 Å². The molecule has 1 fully saturated rings. The fourth-order valence-corrected chi connectivity index (χ4v) is 2.53. The summed E-state index contributed by atoms with van der Waals surface area (Å²) in [7, 11) is 1.44. The van der Waals surface area contributed by atoms with Crippen molar-refractivity contribution >= 4 is 5.97 Å². The molecule has 4 nitrogen and oxygen atoms in total. The Hall–Kier alpha value is -1.58. The third-order valence-corrected chi connectivity index (χ3v) is 3.54. The van der Waals surface area contributed by atoms with Gasteiger partial charge in [0, 0.05) is 6.20 Å². The molecule has 98 valence electrons. The molecule has 0 saturated heterocycles. The molecule has 0 aromatic carbocycles. The molecule has 2 rings (SSSR count). The molecular weight excluding hydrogens is 230 g/mol. The van der Waals surface area contributed by atoms with Crippen LogP contribution in [0.2, 0.25) is 0 Å². The average Bonchev–Trinajstić information content (AvgIpc) is 2.94. The van der Waals surface area contributed by atoms with E-state index in [9.17, 15) is 4.79 Å². The molecular formula is C14H19NO3. The first-order chi connectivity index (χ1) is 8.81. The smallest absolute Gasteiger partial charge is 0.312 e. The van der Waals surface area contributed by atoms with E-state index in [0.29, 0.717) is 18.3 Å². The lowest BCUT2D eigenvalue weighted by Crippen LogP contribution is -2.29. The Bertz CT molecular complexity index is 374. The number of nitrogens with zero attached hydrogens (tertiary/aromatic N) is 1. The van der Waals surface area contributed by atoms with Crippen LogP contribution < -0.4 is 4.74 Å². The first kappa shape index (κ1) is 12.9. The average molecular weight is 249 g/mol. The van der Waals surface area contributed by atoms with E-state index >= 15 is 0 Å². The highest BCUT2D eigenvalue weighted by Crippen LogP contribution is 2.32. The summed E-state index contributed by atoms with van der Waals surface area (Å²) in [5, 5.41) is 0. The number of pyridine rings is 1. The van der Waals surface area contributed by atoms with Gasteiger partial charge >= 0.3 is 5.97 Å².